The lowest BCUT2D eigenvalue weighted by atomic mass is 10.3. The molecule has 0 atom stereocenters. The Morgan fingerprint density at radius 1 is 1.29 bits per heavy atom. The lowest BCUT2D eigenvalue weighted by Gasteiger charge is -2.13. The number of halogens is 2. The minimum Gasteiger partial charge on any atom is -0.340 e. The molecule has 0 aliphatic carbocycles. The van der Waals surface area contributed by atoms with Gasteiger partial charge in [-0.2, -0.15) is 9.61 Å². The second-order valence-electron chi connectivity index (χ2n) is 5.13. The van der Waals surface area contributed by atoms with Crippen LogP contribution in [0.5, 0.6) is 0 Å². The van der Waals surface area contributed by atoms with Crippen LogP contribution in [0, 0.1) is 0 Å². The zero-order valence-corrected chi connectivity index (χ0v) is 15.9. The van der Waals surface area contributed by atoms with Gasteiger partial charge in [0.2, 0.25) is 10.0 Å². The number of nitrogens with zero attached hydrogens (tertiary/aromatic N) is 4. The minimum absolute atomic E-state index is 0.190. The van der Waals surface area contributed by atoms with Crippen molar-refractivity contribution in [3.63, 3.8) is 0 Å². The normalized spacial score (nSPS) is 12.0. The first kappa shape index (κ1) is 17.2. The molecule has 24 heavy (non-hydrogen) atoms. The number of nitrogens with one attached hydrogen (secondary N) is 1. The fraction of sp³-hybridized carbons (Fsp3) is 0.143. The van der Waals surface area contributed by atoms with E-state index in [1.807, 2.05) is 0 Å². The molecule has 0 fully saturated rings. The van der Waals surface area contributed by atoms with Gasteiger partial charge < -0.3 is 5.32 Å². The zero-order valence-electron chi connectivity index (χ0n) is 12.7. The third-order valence-corrected chi connectivity index (χ3v) is 5.85. The molecule has 0 bridgehead atoms. The predicted octanol–water partition coefficient (Wildman–Crippen LogP) is 3.14. The van der Waals surface area contributed by atoms with Crippen LogP contribution in [-0.4, -0.2) is 41.4 Å². The molecular formula is C14H13BrClN5O2S. The van der Waals surface area contributed by atoms with Crippen molar-refractivity contribution in [3.8, 4) is 0 Å². The Labute approximate surface area is 152 Å². The van der Waals surface area contributed by atoms with Crippen molar-refractivity contribution >= 4 is 54.7 Å². The van der Waals surface area contributed by atoms with Crippen LogP contribution in [0.4, 0.5) is 11.5 Å². The maximum atomic E-state index is 12.2. The summed E-state index contributed by atoms with van der Waals surface area (Å²) in [5.41, 5.74) is 1.15. The van der Waals surface area contributed by atoms with Gasteiger partial charge in [-0.1, -0.05) is 17.7 Å². The SMILES string of the molecule is CN(C)S(=O)(=O)c1cccc(Nc2cc(Cl)nc3c(Br)cnn23)c1. The largest absolute Gasteiger partial charge is 0.340 e. The van der Waals surface area contributed by atoms with Crippen LogP contribution in [0.3, 0.4) is 0 Å². The third kappa shape index (κ3) is 3.12. The Bertz CT molecular complexity index is 1020. The maximum absolute atomic E-state index is 12.2. The second-order valence-corrected chi connectivity index (χ2v) is 8.53. The molecule has 0 saturated heterocycles. The molecule has 2 aromatic heterocycles. The minimum atomic E-state index is -3.51. The Morgan fingerprint density at radius 2 is 2.04 bits per heavy atom. The number of anilines is 2. The van der Waals surface area contributed by atoms with Gasteiger partial charge >= 0.3 is 0 Å². The van der Waals surface area contributed by atoms with Gasteiger partial charge in [0.25, 0.3) is 0 Å². The quantitative estimate of drug-likeness (QED) is 0.643. The van der Waals surface area contributed by atoms with E-state index in [4.69, 9.17) is 11.6 Å². The van der Waals surface area contributed by atoms with Gasteiger partial charge in [0.15, 0.2) is 5.65 Å². The molecule has 3 rings (SSSR count). The monoisotopic (exact) mass is 429 g/mol. The predicted molar refractivity (Wildman–Crippen MR) is 96.3 cm³/mol. The highest BCUT2D eigenvalue weighted by Gasteiger charge is 2.17. The Morgan fingerprint density at radius 3 is 2.75 bits per heavy atom. The number of hydrogen-bond donors (Lipinski definition) is 1. The van der Waals surface area contributed by atoms with E-state index >= 15 is 0 Å². The molecule has 0 saturated carbocycles. The van der Waals surface area contributed by atoms with Crippen LogP contribution < -0.4 is 5.32 Å². The van der Waals surface area contributed by atoms with E-state index in [1.165, 1.54) is 14.1 Å². The van der Waals surface area contributed by atoms with Crippen LogP contribution in [0.15, 0.2) is 45.9 Å². The number of fused-ring (bicyclic) bond motifs is 1. The highest BCUT2D eigenvalue weighted by Crippen LogP contribution is 2.26. The standard InChI is InChI=1S/C14H13BrClN5O2S/c1-20(2)24(22,23)10-5-3-4-9(6-10)18-13-7-12(16)19-14-11(15)8-17-21(13)14/h3-8,18H,1-2H3. The molecule has 0 aliphatic heterocycles. The van der Waals surface area contributed by atoms with Crippen molar-refractivity contribution in [2.24, 2.45) is 0 Å². The molecule has 2 heterocycles. The first-order valence-corrected chi connectivity index (χ1v) is 9.39. The van der Waals surface area contributed by atoms with Crippen molar-refractivity contribution in [3.05, 3.63) is 46.2 Å². The average Bonchev–Trinajstić information content (AvgIpc) is 2.89. The lowest BCUT2D eigenvalue weighted by Crippen LogP contribution is -2.22. The van der Waals surface area contributed by atoms with Crippen molar-refractivity contribution in [2.75, 3.05) is 19.4 Å². The number of rotatable bonds is 4. The van der Waals surface area contributed by atoms with Crippen molar-refractivity contribution in [1.29, 1.82) is 0 Å². The molecule has 0 unspecified atom stereocenters. The summed E-state index contributed by atoms with van der Waals surface area (Å²) in [6.07, 6.45) is 1.61. The van der Waals surface area contributed by atoms with E-state index in [-0.39, 0.29) is 4.90 Å². The van der Waals surface area contributed by atoms with Gasteiger partial charge in [0.05, 0.1) is 15.6 Å². The summed E-state index contributed by atoms with van der Waals surface area (Å²) in [6, 6.07) is 8.13. The molecule has 0 aliphatic rings. The average molecular weight is 431 g/mol. The first-order valence-electron chi connectivity index (χ1n) is 6.78. The fourth-order valence-electron chi connectivity index (χ4n) is 2.09. The molecule has 10 heteroatoms. The summed E-state index contributed by atoms with van der Waals surface area (Å²) in [5, 5.41) is 7.63. The fourth-order valence-corrected chi connectivity index (χ4v) is 3.57. The summed E-state index contributed by atoms with van der Waals surface area (Å²) in [5.74, 6) is 0.565. The third-order valence-electron chi connectivity index (χ3n) is 3.28. The molecule has 1 N–H and O–H groups in total. The van der Waals surface area contributed by atoms with Crippen LogP contribution in [-0.2, 0) is 10.0 Å². The van der Waals surface area contributed by atoms with E-state index in [2.05, 4.69) is 31.3 Å². The second kappa shape index (κ2) is 6.32. The highest BCUT2D eigenvalue weighted by atomic mass is 79.9. The highest BCUT2D eigenvalue weighted by molar-refractivity contribution is 9.10. The molecule has 3 aromatic rings. The Balaban J connectivity index is 2.04. The van der Waals surface area contributed by atoms with Crippen molar-refractivity contribution in [1.82, 2.24) is 18.9 Å². The van der Waals surface area contributed by atoms with E-state index in [0.29, 0.717) is 26.8 Å². The summed E-state index contributed by atoms with van der Waals surface area (Å²) in [6.45, 7) is 0. The number of sulfonamides is 1. The van der Waals surface area contributed by atoms with Gasteiger partial charge in [-0.15, -0.1) is 0 Å². The molecule has 0 radical (unpaired) electrons. The topological polar surface area (TPSA) is 79.6 Å². The summed E-state index contributed by atoms with van der Waals surface area (Å²) in [7, 11) is -0.535. The van der Waals surface area contributed by atoms with Crippen LogP contribution in [0.25, 0.3) is 5.65 Å². The smallest absolute Gasteiger partial charge is 0.242 e. The first-order chi connectivity index (χ1) is 11.3. The van der Waals surface area contributed by atoms with E-state index in [1.54, 1.807) is 41.0 Å². The zero-order chi connectivity index (χ0) is 17.5. The van der Waals surface area contributed by atoms with E-state index < -0.39 is 10.0 Å². The molecule has 7 nitrogen and oxygen atoms in total. The van der Waals surface area contributed by atoms with E-state index in [9.17, 15) is 8.42 Å². The summed E-state index contributed by atoms with van der Waals surface area (Å²) < 4.78 is 27.9. The van der Waals surface area contributed by atoms with Crippen LogP contribution in [0.1, 0.15) is 0 Å². The Kier molecular flexibility index (Phi) is 4.52. The molecule has 0 spiro atoms. The van der Waals surface area contributed by atoms with Crippen molar-refractivity contribution < 1.29 is 8.42 Å². The Hall–Kier alpha value is -1.68. The molecular weight excluding hydrogens is 418 g/mol. The summed E-state index contributed by atoms with van der Waals surface area (Å²) in [4.78, 5) is 4.38. The van der Waals surface area contributed by atoms with Crippen molar-refractivity contribution in [2.45, 2.75) is 4.90 Å². The van der Waals surface area contributed by atoms with Gasteiger partial charge in [-0.05, 0) is 34.1 Å². The van der Waals surface area contributed by atoms with Gasteiger partial charge in [0.1, 0.15) is 11.0 Å². The van der Waals surface area contributed by atoms with Gasteiger partial charge in [-0.3, -0.25) is 0 Å². The molecule has 126 valence electrons. The lowest BCUT2D eigenvalue weighted by molar-refractivity contribution is 0.521. The van der Waals surface area contributed by atoms with Crippen LogP contribution >= 0.6 is 27.5 Å². The number of aromatic nitrogens is 3. The number of hydrogen-bond acceptors (Lipinski definition) is 5. The van der Waals surface area contributed by atoms with Crippen LogP contribution in [0.2, 0.25) is 5.15 Å². The van der Waals surface area contributed by atoms with Gasteiger partial charge in [0, 0.05) is 25.8 Å². The summed E-state index contributed by atoms with van der Waals surface area (Å²) >= 11 is 9.41. The number of benzene rings is 1. The van der Waals surface area contributed by atoms with Gasteiger partial charge in [-0.25, -0.2) is 17.7 Å². The van der Waals surface area contributed by atoms with E-state index in [0.717, 1.165) is 4.31 Å². The molecule has 0 amide bonds. The maximum Gasteiger partial charge on any atom is 0.242 e. The molecule has 1 aromatic carbocycles.